The minimum atomic E-state index is -1.34. The number of hydrogen-bond acceptors (Lipinski definition) is 11. The number of anilines is 1. The van der Waals surface area contributed by atoms with Crippen LogP contribution in [-0.4, -0.2) is 56.1 Å². The number of esters is 1. The zero-order valence-corrected chi connectivity index (χ0v) is 31.7. The number of ether oxygens (including phenoxy) is 1. The number of carbonyl (C=O) groups excluding carboxylic acids is 4. The van der Waals surface area contributed by atoms with Crippen molar-refractivity contribution in [1.82, 2.24) is 19.6 Å². The number of aromatic nitrogens is 2. The van der Waals surface area contributed by atoms with Gasteiger partial charge in [0.25, 0.3) is 11.8 Å². The molecule has 1 aromatic heterocycles. The van der Waals surface area contributed by atoms with Crippen molar-refractivity contribution >= 4 is 46.4 Å². The van der Waals surface area contributed by atoms with E-state index in [0.29, 0.717) is 23.8 Å². The Balaban J connectivity index is 1.10. The van der Waals surface area contributed by atoms with Crippen molar-refractivity contribution in [3.8, 4) is 0 Å². The van der Waals surface area contributed by atoms with Crippen LogP contribution >= 0.6 is 11.5 Å². The first-order chi connectivity index (χ1) is 28.4. The summed E-state index contributed by atoms with van der Waals surface area (Å²) in [5.74, 6) is -2.34. The van der Waals surface area contributed by atoms with Crippen molar-refractivity contribution in [2.24, 2.45) is 5.16 Å². The lowest BCUT2D eigenvalue weighted by Crippen LogP contribution is -2.72. The van der Waals surface area contributed by atoms with Gasteiger partial charge in [0.15, 0.2) is 11.2 Å². The van der Waals surface area contributed by atoms with E-state index in [1.807, 2.05) is 152 Å². The number of hydrogen-bond donors (Lipinski definition) is 2. The smallest absolute Gasteiger partial charge is 0.356 e. The number of β-lactam (4-membered cyclic amide) rings is 1. The number of benzene rings is 5. The van der Waals surface area contributed by atoms with Gasteiger partial charge in [-0.2, -0.15) is 9.36 Å². The fourth-order valence-electron chi connectivity index (χ4n) is 7.46. The van der Waals surface area contributed by atoms with Gasteiger partial charge in [-0.25, -0.2) is 4.79 Å². The molecule has 8 rings (SSSR count). The van der Waals surface area contributed by atoms with Crippen LogP contribution in [0.5, 0.6) is 0 Å². The maximum atomic E-state index is 14.3. The van der Waals surface area contributed by atoms with E-state index in [0.717, 1.165) is 28.2 Å². The number of nitrogens with one attached hydrogen (secondary N) is 1. The standard InChI is InChI=1S/C45H36N6O6S/c46-44-48-40(50-58-44)37(49-57-45(32-20-10-3-11-21-32,33-22-12-4-13-23-33)34-24-14-5-15-25-34)41(53)47-36-35-27-26-31(28-52)38(51(35)42(36)54)43(55)56-39(29-16-6-1-7-17-29)30-18-8-2-9-19-30/h1-25,28,35-36,39H,26-27H2,(H,47,53)(H2,46,48,50)/b49-37+. The van der Waals surface area contributed by atoms with Gasteiger partial charge in [-0.3, -0.25) is 19.3 Å². The van der Waals surface area contributed by atoms with Crippen molar-refractivity contribution in [1.29, 1.82) is 0 Å². The van der Waals surface area contributed by atoms with Gasteiger partial charge in [0.2, 0.25) is 17.1 Å². The van der Waals surface area contributed by atoms with E-state index in [2.05, 4.69) is 19.8 Å². The summed E-state index contributed by atoms with van der Waals surface area (Å²) >= 11 is 0.872. The Morgan fingerprint density at radius 2 is 1.31 bits per heavy atom. The maximum Gasteiger partial charge on any atom is 0.356 e. The highest BCUT2D eigenvalue weighted by atomic mass is 32.1. The van der Waals surface area contributed by atoms with Crippen LogP contribution in [0.1, 0.15) is 52.6 Å². The normalized spacial score (nSPS) is 16.6. The van der Waals surface area contributed by atoms with E-state index in [1.54, 1.807) is 0 Å². The lowest BCUT2D eigenvalue weighted by atomic mass is 9.80. The predicted octanol–water partition coefficient (Wildman–Crippen LogP) is 6.11. The molecule has 2 atom stereocenters. The summed E-state index contributed by atoms with van der Waals surface area (Å²) < 4.78 is 10.4. The number of fused-ring (bicyclic) bond motifs is 1. The van der Waals surface area contributed by atoms with Crippen LogP contribution in [0.15, 0.2) is 168 Å². The zero-order valence-electron chi connectivity index (χ0n) is 30.9. The number of carbonyl (C=O) groups is 4. The molecule has 1 saturated heterocycles. The number of amides is 2. The maximum absolute atomic E-state index is 14.3. The molecule has 0 radical (unpaired) electrons. The number of nitrogens with zero attached hydrogens (tertiary/aromatic N) is 4. The van der Waals surface area contributed by atoms with E-state index >= 15 is 0 Å². The van der Waals surface area contributed by atoms with Crippen molar-refractivity contribution in [3.63, 3.8) is 0 Å². The molecule has 0 aliphatic carbocycles. The summed E-state index contributed by atoms with van der Waals surface area (Å²) in [5, 5.41) is 7.37. The van der Waals surface area contributed by atoms with Crippen molar-refractivity contribution in [3.05, 3.63) is 197 Å². The Morgan fingerprint density at radius 3 is 1.78 bits per heavy atom. The summed E-state index contributed by atoms with van der Waals surface area (Å²) in [6, 6.07) is 45.1. The third-order valence-corrected chi connectivity index (χ3v) is 10.8. The summed E-state index contributed by atoms with van der Waals surface area (Å²) in [6.45, 7) is 0. The van der Waals surface area contributed by atoms with E-state index < -0.39 is 41.6 Å². The largest absolute Gasteiger partial charge is 0.448 e. The van der Waals surface area contributed by atoms with Crippen LogP contribution in [-0.2, 0) is 34.4 Å². The molecule has 1 fully saturated rings. The third-order valence-electron chi connectivity index (χ3n) is 10.2. The lowest BCUT2D eigenvalue weighted by molar-refractivity contribution is -0.159. The molecule has 2 aliphatic heterocycles. The summed E-state index contributed by atoms with van der Waals surface area (Å²) in [5.41, 5.74) is 7.91. The van der Waals surface area contributed by atoms with Crippen LogP contribution in [0.4, 0.5) is 5.13 Å². The highest BCUT2D eigenvalue weighted by Gasteiger charge is 2.54. The Morgan fingerprint density at radius 1 is 0.810 bits per heavy atom. The van der Waals surface area contributed by atoms with Gasteiger partial charge >= 0.3 is 5.97 Å². The van der Waals surface area contributed by atoms with E-state index in [1.165, 1.54) is 4.90 Å². The first kappa shape index (κ1) is 37.7. The number of rotatable bonds is 13. The minimum absolute atomic E-state index is 0.0908. The Hall–Kier alpha value is -7.25. The van der Waals surface area contributed by atoms with Crippen LogP contribution in [0.2, 0.25) is 0 Å². The second-order valence-electron chi connectivity index (χ2n) is 13.6. The molecule has 58 heavy (non-hydrogen) atoms. The first-order valence-electron chi connectivity index (χ1n) is 18.5. The van der Waals surface area contributed by atoms with Crippen molar-refractivity contribution in [2.75, 3.05) is 5.73 Å². The van der Waals surface area contributed by atoms with E-state index in [4.69, 9.17) is 15.3 Å². The van der Waals surface area contributed by atoms with Crippen molar-refractivity contribution < 1.29 is 28.8 Å². The second-order valence-corrected chi connectivity index (χ2v) is 14.4. The summed E-state index contributed by atoms with van der Waals surface area (Å²) in [4.78, 5) is 66.8. The topological polar surface area (TPSA) is 166 Å². The molecule has 288 valence electrons. The Bertz CT molecular complexity index is 2360. The average Bonchev–Trinajstić information content (AvgIpc) is 3.72. The molecule has 3 N–H and O–H groups in total. The molecule has 0 bridgehead atoms. The van der Waals surface area contributed by atoms with Gasteiger partial charge in [-0.15, -0.1) is 0 Å². The number of allylic oxidation sites excluding steroid dienone is 1. The summed E-state index contributed by atoms with van der Waals surface area (Å²) in [6.07, 6.45) is 0.240. The van der Waals surface area contributed by atoms with E-state index in [-0.39, 0.29) is 34.4 Å². The fourth-order valence-corrected chi connectivity index (χ4v) is 7.89. The van der Waals surface area contributed by atoms with Crippen LogP contribution in [0, 0.1) is 0 Å². The fraction of sp³-hybridized carbons (Fsp3) is 0.133. The van der Waals surface area contributed by atoms with Gasteiger partial charge in [-0.1, -0.05) is 157 Å². The molecule has 2 unspecified atom stereocenters. The molecule has 13 heteroatoms. The van der Waals surface area contributed by atoms with Gasteiger partial charge in [-0.05, 0) is 24.0 Å². The van der Waals surface area contributed by atoms with Gasteiger partial charge in [0.1, 0.15) is 18.0 Å². The average molecular weight is 789 g/mol. The Kier molecular flexibility index (Phi) is 10.7. The molecule has 3 heterocycles. The molecular weight excluding hydrogens is 753 g/mol. The SMILES string of the molecule is Nc1nc(/C(=N\OC(c2ccccc2)(c2ccccc2)c2ccccc2)C(=O)NC2C(=O)N3C(C(=O)OC(c4ccccc4)c4ccccc4)=C(C=O)CCC23)ns1. The molecule has 5 aromatic carbocycles. The van der Waals surface area contributed by atoms with Crippen molar-refractivity contribution in [2.45, 2.75) is 36.6 Å². The molecule has 12 nitrogen and oxygen atoms in total. The number of aldehydes is 1. The molecule has 0 spiro atoms. The number of nitrogens with two attached hydrogens (primary N) is 1. The second kappa shape index (κ2) is 16.5. The third kappa shape index (κ3) is 7.14. The summed E-state index contributed by atoms with van der Waals surface area (Å²) in [7, 11) is 0. The van der Waals surface area contributed by atoms with Gasteiger partial charge in [0.05, 0.1) is 6.04 Å². The van der Waals surface area contributed by atoms with Crippen LogP contribution in [0.3, 0.4) is 0 Å². The molecular formula is C45H36N6O6S. The van der Waals surface area contributed by atoms with Crippen LogP contribution < -0.4 is 11.1 Å². The molecule has 6 aromatic rings. The molecule has 2 amide bonds. The van der Waals surface area contributed by atoms with E-state index in [9.17, 15) is 19.2 Å². The molecule has 0 saturated carbocycles. The predicted molar refractivity (Wildman–Crippen MR) is 217 cm³/mol. The zero-order chi connectivity index (χ0) is 40.1. The highest BCUT2D eigenvalue weighted by Crippen LogP contribution is 2.41. The van der Waals surface area contributed by atoms with Gasteiger partial charge < -0.3 is 20.6 Å². The Labute approximate surface area is 337 Å². The lowest BCUT2D eigenvalue weighted by Gasteiger charge is -2.50. The number of oxime groups is 1. The highest BCUT2D eigenvalue weighted by molar-refractivity contribution is 7.09. The number of nitrogen functional groups attached to an aromatic ring is 1. The van der Waals surface area contributed by atoms with Gasteiger partial charge in [0, 0.05) is 33.8 Å². The minimum Gasteiger partial charge on any atom is -0.448 e. The molecule has 2 aliphatic rings. The monoisotopic (exact) mass is 788 g/mol. The van der Waals surface area contributed by atoms with Crippen LogP contribution in [0.25, 0.3) is 0 Å². The quantitative estimate of drug-likeness (QED) is 0.0351. The first-order valence-corrected chi connectivity index (χ1v) is 19.3.